The quantitative estimate of drug-likeness (QED) is 0.603. The Morgan fingerprint density at radius 1 is 1.00 bits per heavy atom. The number of furan rings is 1. The molecule has 0 spiro atoms. The zero-order valence-corrected chi connectivity index (χ0v) is 15.8. The van der Waals surface area contributed by atoms with Gasteiger partial charge in [0.25, 0.3) is 11.8 Å². The molecule has 27 heavy (non-hydrogen) atoms. The van der Waals surface area contributed by atoms with Gasteiger partial charge >= 0.3 is 6.03 Å². The first-order valence-corrected chi connectivity index (χ1v) is 8.57. The third-order valence-electron chi connectivity index (χ3n) is 3.66. The Hall–Kier alpha value is -3.29. The van der Waals surface area contributed by atoms with Crippen LogP contribution in [-0.2, 0) is 6.54 Å². The molecule has 0 aliphatic heterocycles. The van der Waals surface area contributed by atoms with Crippen LogP contribution >= 0.6 is 0 Å². The molecule has 2 aromatic rings. The molecule has 4 amide bonds. The Morgan fingerprint density at radius 3 is 2.19 bits per heavy atom. The molecular weight excluding hydrogens is 348 g/mol. The minimum atomic E-state index is -0.449. The molecule has 1 heterocycles. The van der Waals surface area contributed by atoms with Crippen molar-refractivity contribution in [1.29, 1.82) is 0 Å². The third-order valence-corrected chi connectivity index (χ3v) is 3.66. The lowest BCUT2D eigenvalue weighted by Gasteiger charge is -2.10. The van der Waals surface area contributed by atoms with Gasteiger partial charge in [0.1, 0.15) is 11.5 Å². The van der Waals surface area contributed by atoms with E-state index in [1.54, 1.807) is 44.2 Å². The molecule has 144 valence electrons. The van der Waals surface area contributed by atoms with E-state index in [0.717, 1.165) is 5.56 Å². The summed E-state index contributed by atoms with van der Waals surface area (Å²) in [5, 5.41) is 5.46. The summed E-state index contributed by atoms with van der Waals surface area (Å²) >= 11 is 0. The number of carbonyl (C=O) groups is 3. The van der Waals surface area contributed by atoms with Crippen LogP contribution < -0.4 is 21.5 Å². The normalized spacial score (nSPS) is 10.4. The number of urea groups is 1. The Morgan fingerprint density at radius 2 is 1.63 bits per heavy atom. The lowest BCUT2D eigenvalue weighted by molar-refractivity contribution is 0.0845. The number of hydrogen-bond acceptors (Lipinski definition) is 4. The third kappa shape index (κ3) is 5.88. The lowest BCUT2D eigenvalue weighted by atomic mass is 10.1. The van der Waals surface area contributed by atoms with Gasteiger partial charge in [-0.25, -0.2) is 4.79 Å². The predicted molar refractivity (Wildman–Crippen MR) is 100 cm³/mol. The monoisotopic (exact) mass is 372 g/mol. The summed E-state index contributed by atoms with van der Waals surface area (Å²) in [7, 11) is 0. The van der Waals surface area contributed by atoms with Gasteiger partial charge in [0.15, 0.2) is 0 Å². The number of nitrogens with one attached hydrogen (secondary N) is 4. The second-order valence-corrected chi connectivity index (χ2v) is 6.41. The van der Waals surface area contributed by atoms with Gasteiger partial charge in [0, 0.05) is 18.2 Å². The van der Waals surface area contributed by atoms with Crippen molar-refractivity contribution in [1.82, 2.24) is 21.5 Å². The van der Waals surface area contributed by atoms with Crippen LogP contribution in [0.1, 0.15) is 51.6 Å². The molecule has 0 unspecified atom stereocenters. The molecule has 0 aliphatic rings. The highest BCUT2D eigenvalue weighted by atomic mass is 16.3. The fraction of sp³-hybridized carbons (Fsp3) is 0.316. The van der Waals surface area contributed by atoms with E-state index in [9.17, 15) is 14.4 Å². The van der Waals surface area contributed by atoms with E-state index in [-0.39, 0.29) is 12.1 Å². The molecule has 2 rings (SSSR count). The second-order valence-electron chi connectivity index (χ2n) is 6.41. The van der Waals surface area contributed by atoms with Gasteiger partial charge in [0.2, 0.25) is 0 Å². The first-order chi connectivity index (χ1) is 12.8. The number of carbonyl (C=O) groups excluding carboxylic acids is 3. The van der Waals surface area contributed by atoms with Crippen LogP contribution in [0.5, 0.6) is 0 Å². The van der Waals surface area contributed by atoms with Crippen LogP contribution in [0.4, 0.5) is 4.79 Å². The zero-order chi connectivity index (χ0) is 20.0. The highest BCUT2D eigenvalue weighted by Gasteiger charge is 2.14. The summed E-state index contributed by atoms with van der Waals surface area (Å²) in [5.41, 5.74) is 6.32. The highest BCUT2D eigenvalue weighted by Crippen LogP contribution is 2.13. The second kappa shape index (κ2) is 8.88. The van der Waals surface area contributed by atoms with Crippen molar-refractivity contribution in [3.05, 3.63) is 58.5 Å². The van der Waals surface area contributed by atoms with E-state index in [0.29, 0.717) is 29.2 Å². The zero-order valence-electron chi connectivity index (χ0n) is 15.8. The molecule has 0 radical (unpaired) electrons. The van der Waals surface area contributed by atoms with Crippen molar-refractivity contribution < 1.29 is 18.8 Å². The molecule has 0 bridgehead atoms. The minimum absolute atomic E-state index is 0.0565. The van der Waals surface area contributed by atoms with Gasteiger partial charge in [-0.05, 0) is 51.5 Å². The van der Waals surface area contributed by atoms with E-state index in [1.807, 2.05) is 13.8 Å². The van der Waals surface area contributed by atoms with Gasteiger partial charge in [0.05, 0.1) is 5.56 Å². The average molecular weight is 372 g/mol. The molecule has 8 nitrogen and oxygen atoms in total. The van der Waals surface area contributed by atoms with Crippen LogP contribution in [0.2, 0.25) is 0 Å². The Bertz CT molecular complexity index is 825. The van der Waals surface area contributed by atoms with Crippen LogP contribution in [0.25, 0.3) is 0 Å². The van der Waals surface area contributed by atoms with Gasteiger partial charge in [-0.3, -0.25) is 20.4 Å². The molecule has 0 saturated carbocycles. The van der Waals surface area contributed by atoms with Crippen LogP contribution in [0.3, 0.4) is 0 Å². The summed E-state index contributed by atoms with van der Waals surface area (Å²) < 4.78 is 5.29. The van der Waals surface area contributed by atoms with E-state index >= 15 is 0 Å². The molecule has 8 heteroatoms. The molecule has 1 aromatic carbocycles. The maximum atomic E-state index is 12.1. The van der Waals surface area contributed by atoms with Crippen molar-refractivity contribution in [2.24, 2.45) is 0 Å². The molecule has 0 saturated heterocycles. The fourth-order valence-corrected chi connectivity index (χ4v) is 2.38. The maximum Gasteiger partial charge on any atom is 0.315 e. The number of hydrazine groups is 1. The SMILES string of the molecule is Cc1cc(C(=O)NNC(=O)c2ccc(CNC(=O)NC(C)C)cc2)c(C)o1. The van der Waals surface area contributed by atoms with E-state index in [2.05, 4.69) is 21.5 Å². The summed E-state index contributed by atoms with van der Waals surface area (Å²) in [6.07, 6.45) is 0. The molecule has 1 aromatic heterocycles. The average Bonchev–Trinajstić information content (AvgIpc) is 2.96. The molecule has 0 aliphatic carbocycles. The van der Waals surface area contributed by atoms with Crippen molar-refractivity contribution in [3.63, 3.8) is 0 Å². The van der Waals surface area contributed by atoms with Crippen molar-refractivity contribution in [2.45, 2.75) is 40.3 Å². The summed E-state index contributed by atoms with van der Waals surface area (Å²) in [6.45, 7) is 7.51. The van der Waals surface area contributed by atoms with Crippen molar-refractivity contribution in [2.75, 3.05) is 0 Å². The minimum Gasteiger partial charge on any atom is -0.466 e. The molecular formula is C19H24N4O4. The largest absolute Gasteiger partial charge is 0.466 e. The topological polar surface area (TPSA) is 112 Å². The smallest absolute Gasteiger partial charge is 0.315 e. The fourth-order valence-electron chi connectivity index (χ4n) is 2.38. The molecule has 0 fully saturated rings. The van der Waals surface area contributed by atoms with E-state index in [4.69, 9.17) is 4.42 Å². The first-order valence-electron chi connectivity index (χ1n) is 8.57. The highest BCUT2D eigenvalue weighted by molar-refractivity contribution is 5.99. The lowest BCUT2D eigenvalue weighted by Crippen LogP contribution is -2.41. The number of amides is 4. The number of benzene rings is 1. The van der Waals surface area contributed by atoms with Crippen LogP contribution in [-0.4, -0.2) is 23.9 Å². The predicted octanol–water partition coefficient (Wildman–Crippen LogP) is 2.18. The van der Waals surface area contributed by atoms with E-state index < -0.39 is 11.8 Å². The standard InChI is InChI=1S/C19H24N4O4/c1-11(2)21-19(26)20-10-14-5-7-15(8-6-14)17(24)22-23-18(25)16-9-12(3)27-13(16)4/h5-9,11H,10H2,1-4H3,(H,22,24)(H,23,25)(H2,20,21,26). The van der Waals surface area contributed by atoms with Crippen molar-refractivity contribution >= 4 is 17.8 Å². The summed E-state index contributed by atoms with van der Waals surface area (Å²) in [4.78, 5) is 35.8. The van der Waals surface area contributed by atoms with Crippen molar-refractivity contribution in [3.8, 4) is 0 Å². The van der Waals surface area contributed by atoms with Crippen LogP contribution in [0, 0.1) is 13.8 Å². The van der Waals surface area contributed by atoms with Gasteiger partial charge in [-0.2, -0.15) is 0 Å². The van der Waals surface area contributed by atoms with E-state index in [1.165, 1.54) is 0 Å². The Balaban J connectivity index is 1.85. The molecule has 0 atom stereocenters. The van der Waals surface area contributed by atoms with Gasteiger partial charge in [-0.15, -0.1) is 0 Å². The summed E-state index contributed by atoms with van der Waals surface area (Å²) in [5.74, 6) is 0.209. The van der Waals surface area contributed by atoms with Gasteiger partial charge in [-0.1, -0.05) is 12.1 Å². The number of aryl methyl sites for hydroxylation is 2. The Kier molecular flexibility index (Phi) is 6.59. The number of rotatable bonds is 5. The maximum absolute atomic E-state index is 12.1. The summed E-state index contributed by atoms with van der Waals surface area (Å²) in [6, 6.07) is 8.11. The first kappa shape index (κ1) is 20.0. The van der Waals surface area contributed by atoms with Crippen LogP contribution in [0.15, 0.2) is 34.7 Å². The molecule has 4 N–H and O–H groups in total. The van der Waals surface area contributed by atoms with Gasteiger partial charge < -0.3 is 15.1 Å². The number of hydrogen-bond donors (Lipinski definition) is 4. The Labute approximate surface area is 157 Å².